The van der Waals surface area contributed by atoms with E-state index in [0.29, 0.717) is 12.3 Å². The van der Waals surface area contributed by atoms with E-state index in [9.17, 15) is 4.79 Å². The number of ether oxygens (including phenoxy) is 1. The molecule has 108 valence electrons. The standard InChI is InChI=1S/C15H25NO2S/c16-11-14(3-1-4-14)13(17)12-2-7-18-15(10-12)5-8-19-9-6-15/h12H,1-11,16H2. The summed E-state index contributed by atoms with van der Waals surface area (Å²) in [6.07, 6.45) is 7.32. The molecule has 0 aromatic heterocycles. The van der Waals surface area contributed by atoms with Crippen molar-refractivity contribution in [3.63, 3.8) is 0 Å². The van der Waals surface area contributed by atoms with Crippen LogP contribution in [0.4, 0.5) is 0 Å². The van der Waals surface area contributed by atoms with Crippen molar-refractivity contribution < 1.29 is 9.53 Å². The van der Waals surface area contributed by atoms with E-state index in [2.05, 4.69) is 0 Å². The molecule has 0 aromatic carbocycles. The average molecular weight is 283 g/mol. The first kappa shape index (κ1) is 13.9. The summed E-state index contributed by atoms with van der Waals surface area (Å²) < 4.78 is 6.09. The third-order valence-corrected chi connectivity index (χ3v) is 6.48. The highest BCUT2D eigenvalue weighted by Crippen LogP contribution is 2.47. The van der Waals surface area contributed by atoms with Gasteiger partial charge >= 0.3 is 0 Å². The molecule has 1 aliphatic carbocycles. The highest BCUT2D eigenvalue weighted by molar-refractivity contribution is 7.99. The maximum atomic E-state index is 12.8. The molecule has 1 unspecified atom stereocenters. The zero-order valence-electron chi connectivity index (χ0n) is 11.7. The molecule has 4 heteroatoms. The number of ketones is 1. The summed E-state index contributed by atoms with van der Waals surface area (Å²) in [6, 6.07) is 0. The number of carbonyl (C=O) groups excluding carboxylic acids is 1. The van der Waals surface area contributed by atoms with Crippen molar-refractivity contribution in [2.24, 2.45) is 17.1 Å². The summed E-state index contributed by atoms with van der Waals surface area (Å²) in [5.74, 6) is 3.04. The zero-order valence-corrected chi connectivity index (χ0v) is 12.5. The largest absolute Gasteiger partial charge is 0.375 e. The first-order valence-electron chi connectivity index (χ1n) is 7.66. The van der Waals surface area contributed by atoms with Gasteiger partial charge in [-0.3, -0.25) is 4.79 Å². The Kier molecular flexibility index (Phi) is 3.93. The lowest BCUT2D eigenvalue weighted by Crippen LogP contribution is -2.51. The molecule has 19 heavy (non-hydrogen) atoms. The van der Waals surface area contributed by atoms with E-state index in [1.54, 1.807) is 0 Å². The molecule has 3 rings (SSSR count). The quantitative estimate of drug-likeness (QED) is 0.864. The Morgan fingerprint density at radius 2 is 2.00 bits per heavy atom. The average Bonchev–Trinajstić information content (AvgIpc) is 2.39. The van der Waals surface area contributed by atoms with Gasteiger partial charge in [-0.1, -0.05) is 6.42 Å². The van der Waals surface area contributed by atoms with Gasteiger partial charge in [0.2, 0.25) is 0 Å². The molecular formula is C15H25NO2S. The van der Waals surface area contributed by atoms with Gasteiger partial charge in [0, 0.05) is 24.5 Å². The van der Waals surface area contributed by atoms with Crippen LogP contribution < -0.4 is 5.73 Å². The van der Waals surface area contributed by atoms with Gasteiger partial charge in [0.1, 0.15) is 5.78 Å². The van der Waals surface area contributed by atoms with E-state index < -0.39 is 0 Å². The highest BCUT2D eigenvalue weighted by atomic mass is 32.2. The topological polar surface area (TPSA) is 52.3 Å². The Morgan fingerprint density at radius 1 is 1.26 bits per heavy atom. The molecule has 0 amide bonds. The van der Waals surface area contributed by atoms with Crippen LogP contribution in [0.1, 0.15) is 44.9 Å². The summed E-state index contributed by atoms with van der Waals surface area (Å²) >= 11 is 2.01. The lowest BCUT2D eigenvalue weighted by atomic mass is 9.61. The Bertz CT molecular complexity index is 337. The first-order chi connectivity index (χ1) is 9.20. The van der Waals surface area contributed by atoms with Crippen molar-refractivity contribution in [2.45, 2.75) is 50.5 Å². The number of rotatable bonds is 3. The maximum Gasteiger partial charge on any atom is 0.143 e. The third-order valence-electron chi connectivity index (χ3n) is 5.49. The van der Waals surface area contributed by atoms with E-state index >= 15 is 0 Å². The molecule has 3 aliphatic rings. The number of hydrogen-bond acceptors (Lipinski definition) is 4. The van der Waals surface area contributed by atoms with Crippen LogP contribution in [0.5, 0.6) is 0 Å². The van der Waals surface area contributed by atoms with E-state index in [1.165, 1.54) is 17.9 Å². The van der Waals surface area contributed by atoms with Gasteiger partial charge in [0.15, 0.2) is 0 Å². The Balaban J connectivity index is 1.69. The zero-order chi connectivity index (χ0) is 13.3. The van der Waals surface area contributed by atoms with Crippen molar-refractivity contribution in [2.75, 3.05) is 24.7 Å². The van der Waals surface area contributed by atoms with Crippen LogP contribution in [0, 0.1) is 11.3 Å². The van der Waals surface area contributed by atoms with Crippen molar-refractivity contribution in [3.05, 3.63) is 0 Å². The smallest absolute Gasteiger partial charge is 0.143 e. The molecule has 0 aromatic rings. The number of carbonyl (C=O) groups is 1. The minimum absolute atomic E-state index is 0.0172. The number of Topliss-reactive ketones (excluding diaryl/α,β-unsaturated/α-hetero) is 1. The van der Waals surface area contributed by atoms with Crippen LogP contribution in [0.3, 0.4) is 0 Å². The monoisotopic (exact) mass is 283 g/mol. The second-order valence-corrected chi connectivity index (χ2v) is 7.76. The van der Waals surface area contributed by atoms with Crippen LogP contribution in [-0.2, 0) is 9.53 Å². The fraction of sp³-hybridized carbons (Fsp3) is 0.933. The fourth-order valence-corrected chi connectivity index (χ4v) is 5.17. The van der Waals surface area contributed by atoms with E-state index in [4.69, 9.17) is 10.5 Å². The van der Waals surface area contributed by atoms with E-state index in [-0.39, 0.29) is 16.9 Å². The van der Waals surface area contributed by atoms with Gasteiger partial charge in [0.25, 0.3) is 0 Å². The molecule has 0 bridgehead atoms. The molecular weight excluding hydrogens is 258 g/mol. The van der Waals surface area contributed by atoms with Gasteiger partial charge < -0.3 is 10.5 Å². The molecule has 0 radical (unpaired) electrons. The minimum atomic E-state index is -0.160. The molecule has 1 saturated carbocycles. The fourth-order valence-electron chi connectivity index (χ4n) is 3.93. The lowest BCUT2D eigenvalue weighted by Gasteiger charge is -2.47. The molecule has 2 saturated heterocycles. The summed E-state index contributed by atoms with van der Waals surface area (Å²) in [4.78, 5) is 12.8. The van der Waals surface area contributed by atoms with E-state index in [0.717, 1.165) is 45.1 Å². The molecule has 2 aliphatic heterocycles. The SMILES string of the molecule is NCC1(C(=O)C2CCOC3(CCSCC3)C2)CCC1. The molecule has 3 nitrogen and oxygen atoms in total. The summed E-state index contributed by atoms with van der Waals surface area (Å²) in [7, 11) is 0. The van der Waals surface area contributed by atoms with Gasteiger partial charge in [-0.15, -0.1) is 0 Å². The summed E-state index contributed by atoms with van der Waals surface area (Å²) in [5, 5.41) is 0. The Hall–Kier alpha value is -0.0600. The minimum Gasteiger partial charge on any atom is -0.375 e. The van der Waals surface area contributed by atoms with Gasteiger partial charge in [0.05, 0.1) is 5.60 Å². The van der Waals surface area contributed by atoms with Crippen LogP contribution in [0.25, 0.3) is 0 Å². The maximum absolute atomic E-state index is 12.8. The number of thioether (sulfide) groups is 1. The van der Waals surface area contributed by atoms with Crippen molar-refractivity contribution in [1.29, 1.82) is 0 Å². The van der Waals surface area contributed by atoms with Gasteiger partial charge in [-0.25, -0.2) is 0 Å². The van der Waals surface area contributed by atoms with Crippen LogP contribution in [0.15, 0.2) is 0 Å². The van der Waals surface area contributed by atoms with E-state index in [1.807, 2.05) is 11.8 Å². The van der Waals surface area contributed by atoms with Crippen molar-refractivity contribution in [1.82, 2.24) is 0 Å². The Morgan fingerprint density at radius 3 is 2.58 bits per heavy atom. The normalized spacial score (nSPS) is 32.8. The van der Waals surface area contributed by atoms with Crippen LogP contribution in [0.2, 0.25) is 0 Å². The second-order valence-electron chi connectivity index (χ2n) is 6.54. The van der Waals surface area contributed by atoms with Crippen molar-refractivity contribution >= 4 is 17.5 Å². The molecule has 1 atom stereocenters. The molecule has 3 fully saturated rings. The molecule has 2 N–H and O–H groups in total. The van der Waals surface area contributed by atoms with Crippen LogP contribution >= 0.6 is 11.8 Å². The van der Waals surface area contributed by atoms with Gasteiger partial charge in [-0.05, 0) is 50.0 Å². The first-order valence-corrected chi connectivity index (χ1v) is 8.81. The second kappa shape index (κ2) is 5.38. The number of hydrogen-bond donors (Lipinski definition) is 1. The van der Waals surface area contributed by atoms with Crippen LogP contribution in [-0.4, -0.2) is 36.0 Å². The molecule has 2 heterocycles. The Labute approximate surface area is 120 Å². The summed E-state index contributed by atoms with van der Waals surface area (Å²) in [5.41, 5.74) is 5.75. The summed E-state index contributed by atoms with van der Waals surface area (Å²) in [6.45, 7) is 1.31. The van der Waals surface area contributed by atoms with Crippen molar-refractivity contribution in [3.8, 4) is 0 Å². The third kappa shape index (κ3) is 2.47. The van der Waals surface area contributed by atoms with Gasteiger partial charge in [-0.2, -0.15) is 11.8 Å². The molecule has 1 spiro atoms. The predicted molar refractivity (Wildman–Crippen MR) is 78.3 cm³/mol. The predicted octanol–water partition coefficient (Wildman–Crippen LogP) is 2.38. The highest BCUT2D eigenvalue weighted by Gasteiger charge is 2.49. The number of nitrogens with two attached hydrogens (primary N) is 1. The lowest BCUT2D eigenvalue weighted by molar-refractivity contribution is -0.151.